The normalized spacial score (nSPS) is 17.7. The quantitative estimate of drug-likeness (QED) is 0.812. The van der Waals surface area contributed by atoms with Gasteiger partial charge in [-0.25, -0.2) is 0 Å². The molecule has 3 N–H and O–H groups in total. The molecule has 1 aromatic rings. The summed E-state index contributed by atoms with van der Waals surface area (Å²) in [5.74, 6) is 7.01. The summed E-state index contributed by atoms with van der Waals surface area (Å²) in [6.07, 6.45) is 2.09. The van der Waals surface area contributed by atoms with Crippen LogP contribution < -0.4 is 11.1 Å². The van der Waals surface area contributed by atoms with Gasteiger partial charge in [-0.3, -0.25) is 4.79 Å². The van der Waals surface area contributed by atoms with Gasteiger partial charge in [-0.15, -0.1) is 11.8 Å². The van der Waals surface area contributed by atoms with E-state index in [0.29, 0.717) is 6.54 Å². The number of hydrogen-bond donors (Lipinski definition) is 2. The highest BCUT2D eigenvalue weighted by atomic mass is 32.2. The minimum absolute atomic E-state index is 0.0802. The van der Waals surface area contributed by atoms with Crippen LogP contribution in [-0.4, -0.2) is 23.5 Å². The Labute approximate surface area is 118 Å². The van der Waals surface area contributed by atoms with Crippen molar-refractivity contribution in [3.63, 3.8) is 0 Å². The van der Waals surface area contributed by atoms with Crippen molar-refractivity contribution < 1.29 is 4.79 Å². The molecule has 0 aromatic heterocycles. The molecule has 1 aliphatic heterocycles. The molecule has 0 bridgehead atoms. The van der Waals surface area contributed by atoms with Gasteiger partial charge in [0.25, 0.3) is 0 Å². The second kappa shape index (κ2) is 6.65. The van der Waals surface area contributed by atoms with Gasteiger partial charge in [-0.1, -0.05) is 17.9 Å². The van der Waals surface area contributed by atoms with Crippen LogP contribution in [0.5, 0.6) is 0 Å². The van der Waals surface area contributed by atoms with Gasteiger partial charge in [-0.2, -0.15) is 0 Å². The van der Waals surface area contributed by atoms with E-state index in [1.165, 1.54) is 0 Å². The lowest BCUT2D eigenvalue weighted by Gasteiger charge is -2.12. The highest BCUT2D eigenvalue weighted by Crippen LogP contribution is 2.27. The molecule has 19 heavy (non-hydrogen) atoms. The molecular weight excluding hydrogens is 256 g/mol. The molecule has 1 unspecified atom stereocenters. The van der Waals surface area contributed by atoms with E-state index in [1.807, 2.05) is 25.1 Å². The number of benzene rings is 1. The molecule has 1 aliphatic rings. The molecule has 4 heteroatoms. The number of amides is 1. The first-order valence-corrected chi connectivity index (χ1v) is 7.47. The largest absolute Gasteiger partial charge is 0.324 e. The Hall–Kier alpha value is -1.44. The standard InChI is InChI=1S/C15H18N2OS/c1-11-6-7-13(12(10-11)4-2-8-16)17-15(18)14-5-3-9-19-14/h6-7,10,14H,3,5,8-9,16H2,1H3,(H,17,18). The lowest BCUT2D eigenvalue weighted by atomic mass is 10.1. The lowest BCUT2D eigenvalue weighted by Crippen LogP contribution is -2.23. The van der Waals surface area contributed by atoms with E-state index in [1.54, 1.807) is 11.8 Å². The van der Waals surface area contributed by atoms with Gasteiger partial charge in [0.1, 0.15) is 0 Å². The summed E-state index contributed by atoms with van der Waals surface area (Å²) in [5, 5.41) is 3.07. The molecule has 1 saturated heterocycles. The Balaban J connectivity index is 2.16. The van der Waals surface area contributed by atoms with Crippen molar-refractivity contribution in [2.45, 2.75) is 25.0 Å². The fraction of sp³-hybridized carbons (Fsp3) is 0.400. The second-order valence-electron chi connectivity index (χ2n) is 4.55. The maximum atomic E-state index is 12.1. The summed E-state index contributed by atoms with van der Waals surface area (Å²) in [7, 11) is 0. The van der Waals surface area contributed by atoms with Crippen LogP contribution in [-0.2, 0) is 4.79 Å². The van der Waals surface area contributed by atoms with Crippen LogP contribution in [0.25, 0.3) is 0 Å². The molecular formula is C15H18N2OS. The Morgan fingerprint density at radius 3 is 3.11 bits per heavy atom. The number of thioether (sulfide) groups is 1. The van der Waals surface area contributed by atoms with E-state index in [4.69, 9.17) is 5.73 Å². The SMILES string of the molecule is Cc1ccc(NC(=O)C2CCCS2)c(C#CCN)c1. The summed E-state index contributed by atoms with van der Waals surface area (Å²) in [6, 6.07) is 5.86. The van der Waals surface area contributed by atoms with Crippen LogP contribution in [0.3, 0.4) is 0 Å². The minimum atomic E-state index is 0.0802. The molecule has 0 saturated carbocycles. The van der Waals surface area contributed by atoms with Crippen LogP contribution in [0.2, 0.25) is 0 Å². The maximum Gasteiger partial charge on any atom is 0.237 e. The zero-order valence-electron chi connectivity index (χ0n) is 11.0. The first-order valence-electron chi connectivity index (χ1n) is 6.43. The van der Waals surface area contributed by atoms with Gasteiger partial charge in [0.05, 0.1) is 17.5 Å². The fourth-order valence-electron chi connectivity index (χ4n) is 2.01. The molecule has 100 valence electrons. The van der Waals surface area contributed by atoms with Crippen LogP contribution in [0.4, 0.5) is 5.69 Å². The zero-order chi connectivity index (χ0) is 13.7. The van der Waals surface area contributed by atoms with E-state index in [-0.39, 0.29) is 11.2 Å². The summed E-state index contributed by atoms with van der Waals surface area (Å²) >= 11 is 1.73. The molecule has 1 atom stereocenters. The van der Waals surface area contributed by atoms with Gasteiger partial charge < -0.3 is 11.1 Å². The van der Waals surface area contributed by atoms with Gasteiger partial charge in [0.15, 0.2) is 0 Å². The summed E-state index contributed by atoms with van der Waals surface area (Å²) < 4.78 is 0. The average molecular weight is 274 g/mol. The van der Waals surface area contributed by atoms with Crippen LogP contribution in [0.15, 0.2) is 18.2 Å². The molecule has 2 rings (SSSR count). The van der Waals surface area contributed by atoms with Crippen molar-refractivity contribution >= 4 is 23.4 Å². The fourth-order valence-corrected chi connectivity index (χ4v) is 3.18. The molecule has 3 nitrogen and oxygen atoms in total. The van der Waals surface area contributed by atoms with Crippen LogP contribution in [0.1, 0.15) is 24.0 Å². The zero-order valence-corrected chi connectivity index (χ0v) is 11.8. The number of nitrogens with two attached hydrogens (primary N) is 1. The van der Waals surface area contributed by atoms with E-state index in [9.17, 15) is 4.79 Å². The van der Waals surface area contributed by atoms with Gasteiger partial charge in [-0.05, 0) is 43.2 Å². The first-order chi connectivity index (χ1) is 9.20. The van der Waals surface area contributed by atoms with Crippen LogP contribution >= 0.6 is 11.8 Å². The van der Waals surface area contributed by atoms with E-state index < -0.39 is 0 Å². The number of nitrogens with one attached hydrogen (secondary N) is 1. The Morgan fingerprint density at radius 1 is 1.58 bits per heavy atom. The van der Waals surface area contributed by atoms with E-state index >= 15 is 0 Å². The lowest BCUT2D eigenvalue weighted by molar-refractivity contribution is -0.115. The highest BCUT2D eigenvalue weighted by Gasteiger charge is 2.23. The molecule has 1 amide bonds. The topological polar surface area (TPSA) is 55.1 Å². The Kier molecular flexibility index (Phi) is 4.89. The van der Waals surface area contributed by atoms with Crippen molar-refractivity contribution in [2.24, 2.45) is 5.73 Å². The summed E-state index contributed by atoms with van der Waals surface area (Å²) in [5.41, 5.74) is 8.14. The Morgan fingerprint density at radius 2 is 2.42 bits per heavy atom. The molecule has 1 aromatic carbocycles. The predicted molar refractivity (Wildman–Crippen MR) is 81.2 cm³/mol. The van der Waals surface area contributed by atoms with Crippen molar-refractivity contribution in [1.29, 1.82) is 0 Å². The third kappa shape index (κ3) is 3.76. The van der Waals surface area contributed by atoms with Crippen molar-refractivity contribution in [1.82, 2.24) is 0 Å². The number of carbonyl (C=O) groups is 1. The average Bonchev–Trinajstić information content (AvgIpc) is 2.93. The molecule has 1 fully saturated rings. The number of rotatable bonds is 2. The number of carbonyl (C=O) groups excluding carboxylic acids is 1. The number of hydrogen-bond acceptors (Lipinski definition) is 3. The summed E-state index contributed by atoms with van der Waals surface area (Å²) in [6.45, 7) is 2.33. The van der Waals surface area contributed by atoms with Crippen molar-refractivity contribution in [3.8, 4) is 11.8 Å². The third-order valence-corrected chi connectivity index (χ3v) is 4.36. The third-order valence-electron chi connectivity index (χ3n) is 2.98. The second-order valence-corrected chi connectivity index (χ2v) is 5.86. The van der Waals surface area contributed by atoms with Gasteiger partial charge in [0, 0.05) is 5.56 Å². The van der Waals surface area contributed by atoms with E-state index in [2.05, 4.69) is 17.2 Å². The first kappa shape index (κ1) is 14.0. The minimum Gasteiger partial charge on any atom is -0.324 e. The number of anilines is 1. The van der Waals surface area contributed by atoms with Crippen molar-refractivity contribution in [2.75, 3.05) is 17.6 Å². The van der Waals surface area contributed by atoms with Crippen LogP contribution in [0, 0.1) is 18.8 Å². The molecule has 0 aliphatic carbocycles. The van der Waals surface area contributed by atoms with Gasteiger partial charge in [0.2, 0.25) is 5.91 Å². The molecule has 1 heterocycles. The smallest absolute Gasteiger partial charge is 0.237 e. The number of aryl methyl sites for hydroxylation is 1. The maximum absolute atomic E-state index is 12.1. The Bertz CT molecular complexity index is 525. The molecule has 0 spiro atoms. The monoisotopic (exact) mass is 274 g/mol. The van der Waals surface area contributed by atoms with E-state index in [0.717, 1.165) is 35.4 Å². The van der Waals surface area contributed by atoms with Crippen molar-refractivity contribution in [3.05, 3.63) is 29.3 Å². The molecule has 0 radical (unpaired) electrons. The summed E-state index contributed by atoms with van der Waals surface area (Å²) in [4.78, 5) is 12.1. The predicted octanol–water partition coefficient (Wildman–Crippen LogP) is 2.14. The van der Waals surface area contributed by atoms with Gasteiger partial charge >= 0.3 is 0 Å². The highest BCUT2D eigenvalue weighted by molar-refractivity contribution is 8.00.